The minimum absolute atomic E-state index is 0.100. The first kappa shape index (κ1) is 21.0. The van der Waals surface area contributed by atoms with Crippen molar-refractivity contribution in [1.29, 1.82) is 0 Å². The fourth-order valence-corrected chi connectivity index (χ4v) is 4.65. The van der Waals surface area contributed by atoms with Crippen LogP contribution in [0.4, 0.5) is 0 Å². The molecule has 7 heteroatoms. The van der Waals surface area contributed by atoms with E-state index in [1.54, 1.807) is 6.92 Å². The van der Waals surface area contributed by atoms with Crippen molar-refractivity contribution in [2.75, 3.05) is 26.2 Å². The molecule has 2 fully saturated rings. The van der Waals surface area contributed by atoms with E-state index in [4.69, 9.17) is 9.26 Å². The van der Waals surface area contributed by atoms with Crippen molar-refractivity contribution in [1.82, 2.24) is 19.9 Å². The molecule has 2 aliphatic rings. The number of aryl methyl sites for hydroxylation is 1. The van der Waals surface area contributed by atoms with Gasteiger partial charge >= 0.3 is 0 Å². The highest BCUT2D eigenvalue weighted by atomic mass is 16.5. The number of carbonyl (C=O) groups is 1. The minimum atomic E-state index is 0.100. The van der Waals surface area contributed by atoms with E-state index in [0.717, 1.165) is 63.0 Å². The van der Waals surface area contributed by atoms with Crippen molar-refractivity contribution < 1.29 is 14.1 Å². The number of nitrogens with zero attached hydrogens (tertiary/aromatic N) is 4. The number of aromatic nitrogens is 2. The number of hydrogen-bond acceptors (Lipinski definition) is 7. The lowest BCUT2D eigenvalue weighted by Crippen LogP contribution is -2.57. The number of rotatable bonds is 6. The second-order valence-electron chi connectivity index (χ2n) is 8.77. The van der Waals surface area contributed by atoms with Crippen LogP contribution in [0, 0.1) is 12.8 Å². The van der Waals surface area contributed by atoms with E-state index in [1.165, 1.54) is 0 Å². The molecule has 0 amide bonds. The van der Waals surface area contributed by atoms with Gasteiger partial charge in [0.15, 0.2) is 5.82 Å². The summed E-state index contributed by atoms with van der Waals surface area (Å²) in [5.74, 6) is 2.13. The molecule has 0 spiro atoms. The maximum atomic E-state index is 11.5. The van der Waals surface area contributed by atoms with Gasteiger partial charge < -0.3 is 14.1 Å². The van der Waals surface area contributed by atoms with Gasteiger partial charge in [-0.1, -0.05) is 5.16 Å². The zero-order valence-corrected chi connectivity index (χ0v) is 18.2. The summed E-state index contributed by atoms with van der Waals surface area (Å²) in [5, 5.41) is 3.85. The average molecular weight is 413 g/mol. The van der Waals surface area contributed by atoms with Gasteiger partial charge in [0.1, 0.15) is 18.1 Å². The van der Waals surface area contributed by atoms with Crippen LogP contribution in [0.1, 0.15) is 38.9 Å². The smallest absolute Gasteiger partial charge is 0.257 e. The first-order chi connectivity index (χ1) is 14.5. The first-order valence-corrected chi connectivity index (χ1v) is 11.0. The quantitative estimate of drug-likeness (QED) is 0.675. The van der Waals surface area contributed by atoms with Crippen LogP contribution in [0.2, 0.25) is 0 Å². The fraction of sp³-hybridized carbons (Fsp3) is 0.609. The first-order valence-electron chi connectivity index (χ1n) is 11.0. The Morgan fingerprint density at radius 3 is 2.47 bits per heavy atom. The molecular formula is C23H32N4O3. The fourth-order valence-electron chi connectivity index (χ4n) is 4.65. The molecule has 1 saturated heterocycles. The predicted molar refractivity (Wildman–Crippen MR) is 114 cm³/mol. The number of piperazine rings is 1. The molecule has 1 aromatic carbocycles. The molecular weight excluding hydrogens is 380 g/mol. The van der Waals surface area contributed by atoms with Gasteiger partial charge in [0, 0.05) is 49.7 Å². The molecule has 1 aliphatic carbocycles. The number of aldehydes is 1. The second kappa shape index (κ2) is 9.27. The standard InChI is InChI=1S/C23H32N4O3/c1-16(2)26-10-12-27(13-11-26)21-14-18(15-28)4-9-22(21)29-20-7-5-19(6-8-20)23-24-17(3)25-30-23/h5-8,15-16,18,21-22H,4,9-14H2,1-3H3. The molecule has 7 nitrogen and oxygen atoms in total. The van der Waals surface area contributed by atoms with Gasteiger partial charge in [-0.05, 0) is 64.3 Å². The lowest BCUT2D eigenvalue weighted by Gasteiger charge is -2.45. The summed E-state index contributed by atoms with van der Waals surface area (Å²) < 4.78 is 11.7. The van der Waals surface area contributed by atoms with Crippen molar-refractivity contribution in [2.24, 2.45) is 5.92 Å². The van der Waals surface area contributed by atoms with E-state index in [9.17, 15) is 4.79 Å². The van der Waals surface area contributed by atoms with Gasteiger partial charge in [0.2, 0.25) is 0 Å². The van der Waals surface area contributed by atoms with Crippen molar-refractivity contribution in [2.45, 2.75) is 58.2 Å². The van der Waals surface area contributed by atoms with E-state index < -0.39 is 0 Å². The highest BCUT2D eigenvalue weighted by Crippen LogP contribution is 2.32. The Bertz CT molecular complexity index is 827. The Morgan fingerprint density at radius 2 is 1.87 bits per heavy atom. The molecule has 0 N–H and O–H groups in total. The van der Waals surface area contributed by atoms with Crippen LogP contribution in [0.3, 0.4) is 0 Å². The second-order valence-corrected chi connectivity index (χ2v) is 8.77. The Labute approximate surface area is 178 Å². The zero-order valence-electron chi connectivity index (χ0n) is 18.2. The summed E-state index contributed by atoms with van der Waals surface area (Å²) in [6.07, 6.45) is 3.92. The number of ether oxygens (including phenoxy) is 1. The van der Waals surface area contributed by atoms with Gasteiger partial charge in [-0.2, -0.15) is 4.98 Å². The van der Waals surface area contributed by atoms with E-state index in [-0.39, 0.29) is 18.1 Å². The molecule has 0 bridgehead atoms. The summed E-state index contributed by atoms with van der Waals surface area (Å²) >= 11 is 0. The van der Waals surface area contributed by atoms with Crippen molar-refractivity contribution in [3.8, 4) is 17.2 Å². The topological polar surface area (TPSA) is 71.7 Å². The van der Waals surface area contributed by atoms with Crippen LogP contribution < -0.4 is 4.74 Å². The summed E-state index contributed by atoms with van der Waals surface area (Å²) in [7, 11) is 0. The molecule has 3 atom stereocenters. The zero-order chi connectivity index (χ0) is 21.1. The Morgan fingerprint density at radius 1 is 1.13 bits per heavy atom. The van der Waals surface area contributed by atoms with Gasteiger partial charge in [0.25, 0.3) is 5.89 Å². The average Bonchev–Trinajstić information content (AvgIpc) is 3.21. The van der Waals surface area contributed by atoms with Crippen LogP contribution in [-0.4, -0.2) is 70.6 Å². The maximum Gasteiger partial charge on any atom is 0.257 e. The summed E-state index contributed by atoms with van der Waals surface area (Å²) in [6, 6.07) is 8.70. The van der Waals surface area contributed by atoms with Gasteiger partial charge in [-0.3, -0.25) is 9.80 Å². The lowest BCUT2D eigenvalue weighted by molar-refractivity contribution is -0.114. The molecule has 162 valence electrons. The number of hydrogen-bond donors (Lipinski definition) is 0. The third-order valence-electron chi connectivity index (χ3n) is 6.45. The summed E-state index contributed by atoms with van der Waals surface area (Å²) in [5.41, 5.74) is 0.883. The minimum Gasteiger partial charge on any atom is -0.489 e. The molecule has 2 aromatic rings. The SMILES string of the molecule is Cc1noc(-c2ccc(OC3CCC(C=O)CC3N3CCN(C(C)C)CC3)cc2)n1. The largest absolute Gasteiger partial charge is 0.489 e. The summed E-state index contributed by atoms with van der Waals surface area (Å²) in [6.45, 7) is 10.5. The third kappa shape index (κ3) is 4.73. The number of carbonyl (C=O) groups excluding carboxylic acids is 1. The van der Waals surface area contributed by atoms with Crippen molar-refractivity contribution in [3.63, 3.8) is 0 Å². The van der Waals surface area contributed by atoms with Gasteiger partial charge in [-0.25, -0.2) is 0 Å². The molecule has 1 saturated carbocycles. The maximum absolute atomic E-state index is 11.5. The van der Waals surface area contributed by atoms with Gasteiger partial charge in [-0.15, -0.1) is 0 Å². The Balaban J connectivity index is 1.44. The molecule has 2 heterocycles. The summed E-state index contributed by atoms with van der Waals surface area (Å²) in [4.78, 5) is 20.8. The van der Waals surface area contributed by atoms with Crippen LogP contribution >= 0.6 is 0 Å². The van der Waals surface area contributed by atoms with Crippen LogP contribution in [0.15, 0.2) is 28.8 Å². The van der Waals surface area contributed by atoms with Crippen LogP contribution in [-0.2, 0) is 4.79 Å². The van der Waals surface area contributed by atoms with Gasteiger partial charge in [0.05, 0.1) is 0 Å². The monoisotopic (exact) mass is 412 g/mol. The molecule has 30 heavy (non-hydrogen) atoms. The molecule has 0 radical (unpaired) electrons. The predicted octanol–water partition coefficient (Wildman–Crippen LogP) is 3.19. The lowest BCUT2D eigenvalue weighted by atomic mass is 9.83. The molecule has 3 unspecified atom stereocenters. The van der Waals surface area contributed by atoms with Crippen molar-refractivity contribution >= 4 is 6.29 Å². The van der Waals surface area contributed by atoms with E-state index in [1.807, 2.05) is 24.3 Å². The van der Waals surface area contributed by atoms with E-state index in [0.29, 0.717) is 17.8 Å². The molecule has 4 rings (SSSR count). The normalized spacial score (nSPS) is 26.1. The third-order valence-corrected chi connectivity index (χ3v) is 6.45. The van der Waals surface area contributed by atoms with Crippen LogP contribution in [0.25, 0.3) is 11.5 Å². The van der Waals surface area contributed by atoms with E-state index >= 15 is 0 Å². The highest BCUT2D eigenvalue weighted by Gasteiger charge is 2.37. The molecule has 1 aliphatic heterocycles. The van der Waals surface area contributed by atoms with Crippen LogP contribution in [0.5, 0.6) is 5.75 Å². The Hall–Kier alpha value is -2.25. The van der Waals surface area contributed by atoms with Crippen molar-refractivity contribution in [3.05, 3.63) is 30.1 Å². The molecule has 1 aromatic heterocycles. The van der Waals surface area contributed by atoms with E-state index in [2.05, 4.69) is 33.8 Å². The Kier molecular flexibility index (Phi) is 6.49. The number of benzene rings is 1. The highest BCUT2D eigenvalue weighted by molar-refractivity contribution is 5.54.